The van der Waals surface area contributed by atoms with E-state index in [0.717, 1.165) is 25.1 Å². The van der Waals surface area contributed by atoms with Gasteiger partial charge in [-0.05, 0) is 44.1 Å². The highest BCUT2D eigenvalue weighted by molar-refractivity contribution is 5.95. The normalized spacial score (nSPS) is 23.9. The molecule has 0 bridgehead atoms. The van der Waals surface area contributed by atoms with Crippen LogP contribution in [0.15, 0.2) is 53.6 Å². The van der Waals surface area contributed by atoms with E-state index in [2.05, 4.69) is 10.0 Å². The zero-order valence-electron chi connectivity index (χ0n) is 17.2. The average molecular weight is 424 g/mol. The Balaban J connectivity index is 1.26. The number of ether oxygens (including phenoxy) is 2. The van der Waals surface area contributed by atoms with Crippen LogP contribution in [0.5, 0.6) is 5.75 Å². The molecule has 2 fully saturated rings. The van der Waals surface area contributed by atoms with Gasteiger partial charge in [-0.1, -0.05) is 24.3 Å². The van der Waals surface area contributed by atoms with Gasteiger partial charge in [-0.25, -0.2) is 4.39 Å². The minimum absolute atomic E-state index is 0.255. The second-order valence-corrected chi connectivity index (χ2v) is 8.00. The molecule has 8 heteroatoms. The van der Waals surface area contributed by atoms with Gasteiger partial charge in [-0.2, -0.15) is 10.1 Å². The largest absolute Gasteiger partial charge is 0.473 e. The predicted octanol–water partition coefficient (Wildman–Crippen LogP) is 2.97. The third-order valence-corrected chi connectivity index (χ3v) is 5.88. The number of hydrogen-bond donors (Lipinski definition) is 0. The Morgan fingerprint density at radius 1 is 1.13 bits per heavy atom. The van der Waals surface area contributed by atoms with Crippen molar-refractivity contribution in [3.05, 3.63) is 65.5 Å². The molecule has 0 aromatic heterocycles. The van der Waals surface area contributed by atoms with Crippen molar-refractivity contribution in [2.24, 2.45) is 5.10 Å². The fraction of sp³-hybridized carbons (Fsp3) is 0.391. The summed E-state index contributed by atoms with van der Waals surface area (Å²) in [7, 11) is 0. The first-order valence-electron chi connectivity index (χ1n) is 10.7. The molecule has 0 spiro atoms. The van der Waals surface area contributed by atoms with Gasteiger partial charge >= 0.3 is 0 Å². The predicted molar refractivity (Wildman–Crippen MR) is 112 cm³/mol. The van der Waals surface area contributed by atoms with E-state index in [4.69, 9.17) is 9.47 Å². The second-order valence-electron chi connectivity index (χ2n) is 8.00. The van der Waals surface area contributed by atoms with Crippen LogP contribution in [0.3, 0.4) is 0 Å². The topological polar surface area (TPSA) is 57.6 Å². The Labute approximate surface area is 180 Å². The van der Waals surface area contributed by atoms with E-state index >= 15 is 0 Å². The maximum Gasteiger partial charge on any atom is 0.260 e. The number of nitrogens with zero attached hydrogens (tertiary/aromatic N) is 4. The van der Waals surface area contributed by atoms with Gasteiger partial charge < -0.3 is 9.47 Å². The van der Waals surface area contributed by atoms with Gasteiger partial charge in [0.2, 0.25) is 5.90 Å². The van der Waals surface area contributed by atoms with Crippen LogP contribution < -0.4 is 4.74 Å². The molecule has 0 aliphatic carbocycles. The lowest BCUT2D eigenvalue weighted by Crippen LogP contribution is -2.60. The molecule has 3 aliphatic rings. The van der Waals surface area contributed by atoms with E-state index in [0.29, 0.717) is 36.6 Å². The molecule has 7 nitrogen and oxygen atoms in total. The number of halogens is 1. The Bertz CT molecular complexity index is 965. The smallest absolute Gasteiger partial charge is 0.260 e. The molecule has 3 aliphatic heterocycles. The van der Waals surface area contributed by atoms with Crippen LogP contribution in [0, 0.1) is 5.82 Å². The number of aldehydes is 1. The summed E-state index contributed by atoms with van der Waals surface area (Å²) in [5, 5.41) is 7.82. The maximum absolute atomic E-state index is 14.6. The first kappa shape index (κ1) is 20.0. The van der Waals surface area contributed by atoms with Crippen LogP contribution in [0.4, 0.5) is 4.39 Å². The van der Waals surface area contributed by atoms with Crippen molar-refractivity contribution in [3.63, 3.8) is 0 Å². The number of rotatable bonds is 7. The second kappa shape index (κ2) is 8.64. The molecule has 0 N–H and O–H groups in total. The Morgan fingerprint density at radius 2 is 1.94 bits per heavy atom. The molecule has 2 aromatic carbocycles. The number of benzene rings is 2. The molecular weight excluding hydrogens is 399 g/mol. The number of carbonyl (C=O) groups excluding carboxylic acids is 1. The van der Waals surface area contributed by atoms with E-state index < -0.39 is 6.23 Å². The number of hydrogen-bond acceptors (Lipinski definition) is 7. The summed E-state index contributed by atoms with van der Waals surface area (Å²) in [6, 6.07) is 14.5. The lowest BCUT2D eigenvalue weighted by Gasteiger charge is -2.44. The number of likely N-dealkylation sites (tertiary alicyclic amines) is 1. The lowest BCUT2D eigenvalue weighted by atomic mass is 10.2. The number of hydrazine groups is 1. The third kappa shape index (κ3) is 4.13. The molecule has 2 unspecified atom stereocenters. The molecule has 162 valence electrons. The van der Waals surface area contributed by atoms with E-state index in [1.807, 2.05) is 35.3 Å². The lowest BCUT2D eigenvalue weighted by molar-refractivity contribution is -0.218. The number of hydrazone groups is 1. The molecule has 2 aromatic rings. The van der Waals surface area contributed by atoms with E-state index in [1.165, 1.54) is 24.0 Å². The van der Waals surface area contributed by atoms with E-state index in [-0.39, 0.29) is 12.0 Å². The fourth-order valence-electron chi connectivity index (χ4n) is 4.10. The highest BCUT2D eigenvalue weighted by Gasteiger charge is 2.42. The highest BCUT2D eigenvalue weighted by atomic mass is 19.1. The highest BCUT2D eigenvalue weighted by Crippen LogP contribution is 2.30. The fourth-order valence-corrected chi connectivity index (χ4v) is 4.10. The van der Waals surface area contributed by atoms with Crippen LogP contribution >= 0.6 is 0 Å². The van der Waals surface area contributed by atoms with Crippen molar-refractivity contribution in [1.29, 1.82) is 0 Å². The summed E-state index contributed by atoms with van der Waals surface area (Å²) < 4.78 is 26.3. The minimum atomic E-state index is -0.846. The van der Waals surface area contributed by atoms with Gasteiger partial charge in [-0.3, -0.25) is 9.69 Å². The van der Waals surface area contributed by atoms with Gasteiger partial charge in [-0.15, -0.1) is 5.10 Å². The van der Waals surface area contributed by atoms with Crippen LogP contribution in [0.25, 0.3) is 0 Å². The zero-order valence-corrected chi connectivity index (χ0v) is 17.2. The van der Waals surface area contributed by atoms with Crippen molar-refractivity contribution in [1.82, 2.24) is 15.0 Å². The quantitative estimate of drug-likeness (QED) is 0.637. The SMILES string of the molecule is O=CC1OC(c2ccccc2)=NN1N1CCC1Oc1ccc(CN2CCCC2)c(F)c1. The summed E-state index contributed by atoms with van der Waals surface area (Å²) in [6.07, 6.45) is 2.62. The van der Waals surface area contributed by atoms with Crippen molar-refractivity contribution < 1.29 is 18.7 Å². The summed E-state index contributed by atoms with van der Waals surface area (Å²) >= 11 is 0. The maximum atomic E-state index is 14.6. The number of carbonyl (C=O) groups is 1. The Hall–Kier alpha value is -2.97. The van der Waals surface area contributed by atoms with Crippen molar-refractivity contribution in [3.8, 4) is 5.75 Å². The van der Waals surface area contributed by atoms with E-state index in [1.54, 1.807) is 12.1 Å². The van der Waals surface area contributed by atoms with Crippen molar-refractivity contribution >= 4 is 12.2 Å². The molecule has 0 radical (unpaired) electrons. The Kier molecular flexibility index (Phi) is 5.57. The van der Waals surface area contributed by atoms with Gasteiger partial charge in [0.25, 0.3) is 6.23 Å². The molecule has 0 saturated carbocycles. The molecule has 2 saturated heterocycles. The van der Waals surface area contributed by atoms with Gasteiger partial charge in [0.05, 0.1) is 0 Å². The van der Waals surface area contributed by atoms with E-state index in [9.17, 15) is 9.18 Å². The molecule has 31 heavy (non-hydrogen) atoms. The molecule has 2 atom stereocenters. The first-order valence-corrected chi connectivity index (χ1v) is 10.7. The van der Waals surface area contributed by atoms with Crippen molar-refractivity contribution in [2.75, 3.05) is 19.6 Å². The summed E-state index contributed by atoms with van der Waals surface area (Å²) in [4.78, 5) is 13.8. The molecular formula is C23H25FN4O3. The first-order chi connectivity index (χ1) is 15.2. The third-order valence-electron chi connectivity index (χ3n) is 5.88. The van der Waals surface area contributed by atoms with Crippen LogP contribution in [0.2, 0.25) is 0 Å². The molecule has 5 rings (SSSR count). The molecule has 0 amide bonds. The van der Waals surface area contributed by atoms with Gasteiger partial charge in [0.15, 0.2) is 12.5 Å². The van der Waals surface area contributed by atoms with Gasteiger partial charge in [0.1, 0.15) is 11.6 Å². The van der Waals surface area contributed by atoms with Crippen LogP contribution in [-0.2, 0) is 16.1 Å². The van der Waals surface area contributed by atoms with Crippen LogP contribution in [-0.4, -0.2) is 59.3 Å². The van der Waals surface area contributed by atoms with Gasteiger partial charge in [0, 0.05) is 36.7 Å². The summed E-state index contributed by atoms with van der Waals surface area (Å²) in [5.74, 6) is 0.600. The zero-order chi connectivity index (χ0) is 21.2. The average Bonchev–Trinajstić information content (AvgIpc) is 3.44. The monoisotopic (exact) mass is 424 g/mol. The van der Waals surface area contributed by atoms with Crippen LogP contribution in [0.1, 0.15) is 30.4 Å². The summed E-state index contributed by atoms with van der Waals surface area (Å²) in [6.45, 7) is 3.34. The van der Waals surface area contributed by atoms with Crippen molar-refractivity contribution in [2.45, 2.75) is 38.3 Å². The minimum Gasteiger partial charge on any atom is -0.473 e. The summed E-state index contributed by atoms with van der Waals surface area (Å²) in [5.41, 5.74) is 1.48. The Morgan fingerprint density at radius 3 is 2.61 bits per heavy atom. The standard InChI is InChI=1S/C23H25FN4O3/c24-20-14-19(9-8-18(20)15-26-11-4-5-12-26)30-21-10-13-27(21)28-22(16-29)31-23(25-28)17-6-2-1-3-7-17/h1-3,6-9,14,16,21-22H,4-5,10-13,15H2. The molecule has 3 heterocycles.